The van der Waals surface area contributed by atoms with Crippen LogP contribution in [0.4, 0.5) is 5.13 Å². The number of aromatic nitrogens is 1. The number of morpholine rings is 1. The number of nitrogens with zero attached hydrogens (tertiary/aromatic N) is 3. The average molecular weight is 516 g/mol. The van der Waals surface area contributed by atoms with Gasteiger partial charge in [-0.3, -0.25) is 14.6 Å². The molecule has 1 amide bonds. The SMILES string of the molecule is COc1ccc(SCCCC(=O)N(CCCN2CCOCC2)c2nc3ccc(OC)cc3s2)cc1. The first-order valence-electron chi connectivity index (χ1n) is 12.0. The van der Waals surface area contributed by atoms with Gasteiger partial charge >= 0.3 is 0 Å². The Morgan fingerprint density at radius 2 is 1.83 bits per heavy atom. The summed E-state index contributed by atoms with van der Waals surface area (Å²) in [4.78, 5) is 23.6. The quantitative estimate of drug-likeness (QED) is 0.250. The topological polar surface area (TPSA) is 64.1 Å². The molecule has 1 aliphatic heterocycles. The van der Waals surface area contributed by atoms with Gasteiger partial charge in [-0.25, -0.2) is 4.98 Å². The van der Waals surface area contributed by atoms with Gasteiger partial charge in [0.05, 0.1) is 37.6 Å². The van der Waals surface area contributed by atoms with Crippen molar-refractivity contribution in [2.24, 2.45) is 0 Å². The second kappa shape index (κ2) is 13.1. The molecule has 1 aliphatic rings. The van der Waals surface area contributed by atoms with E-state index in [0.29, 0.717) is 13.0 Å². The lowest BCUT2D eigenvalue weighted by molar-refractivity contribution is -0.118. The largest absolute Gasteiger partial charge is 0.497 e. The van der Waals surface area contributed by atoms with Gasteiger partial charge in [-0.15, -0.1) is 11.8 Å². The van der Waals surface area contributed by atoms with Gasteiger partial charge in [-0.1, -0.05) is 11.3 Å². The Morgan fingerprint density at radius 1 is 1.09 bits per heavy atom. The normalized spacial score (nSPS) is 14.2. The van der Waals surface area contributed by atoms with Crippen LogP contribution in [0, 0.1) is 0 Å². The molecule has 4 rings (SSSR count). The summed E-state index contributed by atoms with van der Waals surface area (Å²) in [6, 6.07) is 13.9. The minimum atomic E-state index is 0.133. The number of thioether (sulfide) groups is 1. The zero-order valence-electron chi connectivity index (χ0n) is 20.4. The molecule has 35 heavy (non-hydrogen) atoms. The Balaban J connectivity index is 1.37. The molecule has 0 radical (unpaired) electrons. The van der Waals surface area contributed by atoms with Gasteiger partial charge in [-0.2, -0.15) is 0 Å². The second-order valence-corrected chi connectivity index (χ2v) is 10.5. The Labute approximate surface area is 215 Å². The molecule has 0 bridgehead atoms. The molecule has 0 saturated carbocycles. The van der Waals surface area contributed by atoms with Gasteiger partial charge in [-0.05, 0) is 61.1 Å². The van der Waals surface area contributed by atoms with E-state index in [2.05, 4.69) is 17.0 Å². The molecule has 9 heteroatoms. The fourth-order valence-corrected chi connectivity index (χ4v) is 5.85. The lowest BCUT2D eigenvalue weighted by Crippen LogP contribution is -2.39. The van der Waals surface area contributed by atoms with E-state index < -0.39 is 0 Å². The summed E-state index contributed by atoms with van der Waals surface area (Å²) in [5.41, 5.74) is 0.895. The summed E-state index contributed by atoms with van der Waals surface area (Å²) in [6.07, 6.45) is 2.22. The molecule has 2 heterocycles. The number of amides is 1. The highest BCUT2D eigenvalue weighted by atomic mass is 32.2. The van der Waals surface area contributed by atoms with Crippen LogP contribution in [0.5, 0.6) is 11.5 Å². The fourth-order valence-electron chi connectivity index (χ4n) is 3.96. The number of hydrogen-bond acceptors (Lipinski definition) is 8. The number of ether oxygens (including phenoxy) is 3. The summed E-state index contributed by atoms with van der Waals surface area (Å²) in [5, 5.41) is 0.767. The van der Waals surface area contributed by atoms with Crippen LogP contribution in [-0.2, 0) is 9.53 Å². The Bertz CT molecular complexity index is 1080. The van der Waals surface area contributed by atoms with E-state index in [-0.39, 0.29) is 5.91 Å². The number of carbonyl (C=O) groups is 1. The van der Waals surface area contributed by atoms with Crippen molar-refractivity contribution in [1.29, 1.82) is 0 Å². The smallest absolute Gasteiger partial charge is 0.228 e. The van der Waals surface area contributed by atoms with Crippen LogP contribution in [0.1, 0.15) is 19.3 Å². The zero-order chi connectivity index (χ0) is 24.5. The number of carbonyl (C=O) groups excluding carboxylic acids is 1. The molecule has 1 aromatic heterocycles. The number of fused-ring (bicyclic) bond motifs is 1. The maximum absolute atomic E-state index is 13.3. The maximum atomic E-state index is 13.3. The Hall–Kier alpha value is -2.33. The average Bonchev–Trinajstić information content (AvgIpc) is 3.32. The molecule has 2 aromatic carbocycles. The Kier molecular flexibility index (Phi) is 9.65. The molecule has 0 unspecified atom stereocenters. The molecule has 1 saturated heterocycles. The molecule has 0 aliphatic carbocycles. The molecular weight excluding hydrogens is 482 g/mol. The molecule has 188 valence electrons. The number of thiazole rings is 1. The van der Waals surface area contributed by atoms with Crippen molar-refractivity contribution < 1.29 is 19.0 Å². The van der Waals surface area contributed by atoms with Gasteiger partial charge in [0.1, 0.15) is 11.5 Å². The van der Waals surface area contributed by atoms with Crippen LogP contribution < -0.4 is 14.4 Å². The fraction of sp³-hybridized carbons (Fsp3) is 0.462. The van der Waals surface area contributed by atoms with Crippen molar-refractivity contribution in [2.75, 3.05) is 64.3 Å². The summed E-state index contributed by atoms with van der Waals surface area (Å²) in [7, 11) is 3.33. The van der Waals surface area contributed by atoms with E-state index in [9.17, 15) is 4.79 Å². The van der Waals surface area contributed by atoms with E-state index in [4.69, 9.17) is 19.2 Å². The summed E-state index contributed by atoms with van der Waals surface area (Å²) >= 11 is 3.31. The molecule has 3 aromatic rings. The minimum Gasteiger partial charge on any atom is -0.497 e. The number of benzene rings is 2. The molecule has 0 N–H and O–H groups in total. The molecule has 0 spiro atoms. The maximum Gasteiger partial charge on any atom is 0.228 e. The van der Waals surface area contributed by atoms with Crippen LogP contribution >= 0.6 is 23.1 Å². The first-order chi connectivity index (χ1) is 17.2. The lowest BCUT2D eigenvalue weighted by Gasteiger charge is -2.27. The van der Waals surface area contributed by atoms with Crippen molar-refractivity contribution in [3.63, 3.8) is 0 Å². The van der Waals surface area contributed by atoms with E-state index >= 15 is 0 Å². The van der Waals surface area contributed by atoms with Gasteiger partial charge in [0.2, 0.25) is 5.91 Å². The van der Waals surface area contributed by atoms with Crippen LogP contribution in [0.25, 0.3) is 10.2 Å². The molecular formula is C26H33N3O4S2. The van der Waals surface area contributed by atoms with Crippen molar-refractivity contribution >= 4 is 44.4 Å². The highest BCUT2D eigenvalue weighted by Crippen LogP contribution is 2.32. The molecule has 1 fully saturated rings. The first-order valence-corrected chi connectivity index (χ1v) is 13.8. The van der Waals surface area contributed by atoms with Crippen molar-refractivity contribution in [2.45, 2.75) is 24.2 Å². The van der Waals surface area contributed by atoms with Crippen LogP contribution in [0.15, 0.2) is 47.4 Å². The van der Waals surface area contributed by atoms with E-state index in [0.717, 1.165) is 78.3 Å². The standard InChI is InChI=1S/C26H33N3O4S2/c1-31-20-6-9-22(10-7-20)34-18-3-5-25(30)29(13-4-12-28-14-16-33-17-15-28)26-27-23-11-8-21(32-2)19-24(23)35-26/h6-11,19H,3-5,12-18H2,1-2H3. The zero-order valence-corrected chi connectivity index (χ0v) is 22.0. The highest BCUT2D eigenvalue weighted by molar-refractivity contribution is 7.99. The van der Waals surface area contributed by atoms with Crippen LogP contribution in [0.3, 0.4) is 0 Å². The number of rotatable bonds is 12. The number of methoxy groups -OCH3 is 2. The number of hydrogen-bond donors (Lipinski definition) is 0. The minimum absolute atomic E-state index is 0.133. The van der Waals surface area contributed by atoms with Gasteiger partial charge < -0.3 is 14.2 Å². The third kappa shape index (κ3) is 7.33. The monoisotopic (exact) mass is 515 g/mol. The number of anilines is 1. The third-order valence-electron chi connectivity index (χ3n) is 5.94. The van der Waals surface area contributed by atoms with Crippen molar-refractivity contribution in [3.8, 4) is 11.5 Å². The van der Waals surface area contributed by atoms with Crippen LogP contribution in [0.2, 0.25) is 0 Å². The predicted molar refractivity (Wildman–Crippen MR) is 143 cm³/mol. The first kappa shape index (κ1) is 25.8. The predicted octanol–water partition coefficient (Wildman–Crippen LogP) is 4.94. The van der Waals surface area contributed by atoms with E-state index in [1.54, 1.807) is 37.3 Å². The lowest BCUT2D eigenvalue weighted by atomic mass is 10.2. The van der Waals surface area contributed by atoms with E-state index in [1.807, 2.05) is 35.2 Å². The van der Waals surface area contributed by atoms with Crippen LogP contribution in [-0.4, -0.2) is 75.2 Å². The van der Waals surface area contributed by atoms with Crippen molar-refractivity contribution in [1.82, 2.24) is 9.88 Å². The second-order valence-electron chi connectivity index (χ2n) is 8.31. The summed E-state index contributed by atoms with van der Waals surface area (Å²) in [5.74, 6) is 2.67. The van der Waals surface area contributed by atoms with Crippen molar-refractivity contribution in [3.05, 3.63) is 42.5 Å². The summed E-state index contributed by atoms with van der Waals surface area (Å²) < 4.78 is 17.1. The van der Waals surface area contributed by atoms with E-state index in [1.165, 1.54) is 4.90 Å². The molecule has 0 atom stereocenters. The molecule has 7 nitrogen and oxygen atoms in total. The summed E-state index contributed by atoms with van der Waals surface area (Å²) in [6.45, 7) is 5.11. The third-order valence-corrected chi connectivity index (χ3v) is 8.08. The highest BCUT2D eigenvalue weighted by Gasteiger charge is 2.20. The van der Waals surface area contributed by atoms with Gasteiger partial charge in [0, 0.05) is 37.5 Å². The van der Waals surface area contributed by atoms with Gasteiger partial charge in [0.25, 0.3) is 0 Å². The van der Waals surface area contributed by atoms with Gasteiger partial charge in [0.15, 0.2) is 5.13 Å². The Morgan fingerprint density at radius 3 is 2.57 bits per heavy atom.